The minimum atomic E-state index is -1.06. The number of aliphatic carboxylic acids is 1. The van der Waals surface area contributed by atoms with Crippen LogP contribution in [0.25, 0.3) is 0 Å². The first-order chi connectivity index (χ1) is 8.90. The van der Waals surface area contributed by atoms with E-state index in [1.54, 1.807) is 17.5 Å². The number of rotatable bonds is 6. The third-order valence-electron chi connectivity index (χ3n) is 2.55. The summed E-state index contributed by atoms with van der Waals surface area (Å²) in [6, 6.07) is 2.02. The van der Waals surface area contributed by atoms with Gasteiger partial charge in [0.2, 0.25) is 0 Å². The third kappa shape index (κ3) is 5.30. The number of amides is 2. The van der Waals surface area contributed by atoms with Gasteiger partial charge >= 0.3 is 12.0 Å². The van der Waals surface area contributed by atoms with Gasteiger partial charge in [-0.2, -0.15) is 0 Å². The van der Waals surface area contributed by atoms with Crippen molar-refractivity contribution in [2.24, 2.45) is 5.92 Å². The minimum absolute atomic E-state index is 0.0118. The number of carbonyl (C=O) groups excluding carboxylic acids is 1. The van der Waals surface area contributed by atoms with Crippen molar-refractivity contribution in [3.05, 3.63) is 22.4 Å². The van der Waals surface area contributed by atoms with Gasteiger partial charge < -0.3 is 15.7 Å². The van der Waals surface area contributed by atoms with E-state index in [2.05, 4.69) is 24.5 Å². The van der Waals surface area contributed by atoms with Crippen LogP contribution in [0.5, 0.6) is 0 Å². The molecule has 6 heteroatoms. The highest BCUT2D eigenvalue weighted by Gasteiger charge is 2.23. The molecule has 0 radical (unpaired) electrons. The van der Waals surface area contributed by atoms with Crippen LogP contribution in [-0.4, -0.2) is 23.1 Å². The van der Waals surface area contributed by atoms with E-state index < -0.39 is 18.0 Å². The van der Waals surface area contributed by atoms with Gasteiger partial charge in [-0.3, -0.25) is 0 Å². The minimum Gasteiger partial charge on any atom is -0.479 e. The predicted molar refractivity (Wildman–Crippen MR) is 75.3 cm³/mol. The summed E-state index contributed by atoms with van der Waals surface area (Å²) in [5.74, 6) is -0.586. The van der Waals surface area contributed by atoms with E-state index in [-0.39, 0.29) is 6.04 Å². The van der Waals surface area contributed by atoms with E-state index in [1.807, 2.05) is 6.92 Å². The van der Waals surface area contributed by atoms with E-state index >= 15 is 0 Å². The van der Waals surface area contributed by atoms with E-state index in [0.29, 0.717) is 10.8 Å². The largest absolute Gasteiger partial charge is 0.479 e. The topological polar surface area (TPSA) is 78.4 Å². The Hall–Kier alpha value is -1.56. The van der Waals surface area contributed by atoms with Crippen LogP contribution < -0.4 is 10.6 Å². The molecule has 0 aliphatic carbocycles. The molecule has 1 aromatic heterocycles. The first-order valence-corrected chi connectivity index (χ1v) is 7.11. The Bertz CT molecular complexity index is 418. The van der Waals surface area contributed by atoms with Gasteiger partial charge in [0.25, 0.3) is 0 Å². The zero-order valence-electron chi connectivity index (χ0n) is 11.3. The molecule has 2 amide bonds. The first kappa shape index (κ1) is 15.5. The summed E-state index contributed by atoms with van der Waals surface area (Å²) in [6.07, 6.45) is 0.851. The van der Waals surface area contributed by atoms with Crippen molar-refractivity contribution in [2.45, 2.75) is 39.3 Å². The van der Waals surface area contributed by atoms with Crippen LogP contribution in [0.3, 0.4) is 0 Å². The zero-order chi connectivity index (χ0) is 14.4. The molecule has 19 heavy (non-hydrogen) atoms. The SMILES string of the molecule is CC(C)CC(C)NC(=O)NC(C(=O)O)c1cccs1. The monoisotopic (exact) mass is 284 g/mol. The summed E-state index contributed by atoms with van der Waals surface area (Å²) in [5, 5.41) is 16.2. The van der Waals surface area contributed by atoms with Crippen LogP contribution in [0, 0.1) is 5.92 Å². The van der Waals surface area contributed by atoms with Gasteiger partial charge in [-0.25, -0.2) is 9.59 Å². The maximum Gasteiger partial charge on any atom is 0.331 e. The lowest BCUT2D eigenvalue weighted by Crippen LogP contribution is -2.44. The molecule has 3 N–H and O–H groups in total. The van der Waals surface area contributed by atoms with Gasteiger partial charge in [-0.1, -0.05) is 19.9 Å². The molecule has 0 bridgehead atoms. The highest BCUT2D eigenvalue weighted by atomic mass is 32.1. The lowest BCUT2D eigenvalue weighted by Gasteiger charge is -2.18. The van der Waals surface area contributed by atoms with Crippen LogP contribution in [-0.2, 0) is 4.79 Å². The molecule has 0 aliphatic rings. The van der Waals surface area contributed by atoms with Gasteiger partial charge in [-0.15, -0.1) is 11.3 Å². The van der Waals surface area contributed by atoms with E-state index in [0.717, 1.165) is 6.42 Å². The molecule has 0 spiro atoms. The summed E-state index contributed by atoms with van der Waals surface area (Å²) in [4.78, 5) is 23.5. The predicted octanol–water partition coefficient (Wildman–Crippen LogP) is 2.61. The second-order valence-corrected chi connectivity index (χ2v) is 5.91. The highest BCUT2D eigenvalue weighted by Crippen LogP contribution is 2.19. The Balaban J connectivity index is 2.56. The van der Waals surface area contributed by atoms with Crippen molar-refractivity contribution >= 4 is 23.3 Å². The quantitative estimate of drug-likeness (QED) is 0.751. The molecule has 2 atom stereocenters. The van der Waals surface area contributed by atoms with Crippen LogP contribution in [0.2, 0.25) is 0 Å². The maximum atomic E-state index is 11.8. The molecule has 106 valence electrons. The number of thiophene rings is 1. The fourth-order valence-electron chi connectivity index (χ4n) is 1.87. The molecular weight excluding hydrogens is 264 g/mol. The number of carboxylic acids is 1. The van der Waals surface area contributed by atoms with Gasteiger partial charge in [0, 0.05) is 10.9 Å². The molecule has 0 aromatic carbocycles. The molecule has 0 aliphatic heterocycles. The standard InChI is InChI=1S/C13H20N2O3S/c1-8(2)7-9(3)14-13(18)15-11(12(16)17)10-5-4-6-19-10/h4-6,8-9,11H,7H2,1-3H3,(H,16,17)(H2,14,15,18). The number of hydrogen-bond donors (Lipinski definition) is 3. The van der Waals surface area contributed by atoms with Crippen molar-refractivity contribution in [3.63, 3.8) is 0 Å². The van der Waals surface area contributed by atoms with Crippen LogP contribution >= 0.6 is 11.3 Å². The Morgan fingerprint density at radius 1 is 1.32 bits per heavy atom. The fraction of sp³-hybridized carbons (Fsp3) is 0.538. The number of hydrogen-bond acceptors (Lipinski definition) is 3. The average Bonchev–Trinajstić information content (AvgIpc) is 2.76. The van der Waals surface area contributed by atoms with Gasteiger partial charge in [-0.05, 0) is 30.7 Å². The molecule has 1 aromatic rings. The lowest BCUT2D eigenvalue weighted by atomic mass is 10.1. The number of urea groups is 1. The Kier molecular flexibility index (Phi) is 5.82. The van der Waals surface area contributed by atoms with Crippen LogP contribution in [0.1, 0.15) is 38.1 Å². The normalized spacial score (nSPS) is 13.9. The Labute approximate surface area is 117 Å². The molecule has 1 rings (SSSR count). The summed E-state index contributed by atoms with van der Waals surface area (Å²) in [5.41, 5.74) is 0. The molecule has 0 saturated heterocycles. The van der Waals surface area contributed by atoms with Gasteiger partial charge in [0.1, 0.15) is 0 Å². The second-order valence-electron chi connectivity index (χ2n) is 4.94. The lowest BCUT2D eigenvalue weighted by molar-refractivity contribution is -0.139. The Morgan fingerprint density at radius 3 is 2.47 bits per heavy atom. The van der Waals surface area contributed by atoms with Gasteiger partial charge in [0.05, 0.1) is 0 Å². The van der Waals surface area contributed by atoms with Crippen LogP contribution in [0.15, 0.2) is 17.5 Å². The fourth-order valence-corrected chi connectivity index (χ4v) is 2.64. The number of carbonyl (C=O) groups is 2. The average molecular weight is 284 g/mol. The Morgan fingerprint density at radius 2 is 2.00 bits per heavy atom. The van der Waals surface area contributed by atoms with E-state index in [4.69, 9.17) is 5.11 Å². The maximum absolute atomic E-state index is 11.8. The highest BCUT2D eigenvalue weighted by molar-refractivity contribution is 7.10. The molecular formula is C13H20N2O3S. The summed E-state index contributed by atoms with van der Waals surface area (Å²) in [6.45, 7) is 6.05. The van der Waals surface area contributed by atoms with Crippen molar-refractivity contribution in [1.82, 2.24) is 10.6 Å². The third-order valence-corrected chi connectivity index (χ3v) is 3.49. The number of nitrogens with one attached hydrogen (secondary N) is 2. The van der Waals surface area contributed by atoms with Crippen molar-refractivity contribution in [2.75, 3.05) is 0 Å². The molecule has 2 unspecified atom stereocenters. The summed E-state index contributed by atoms with van der Waals surface area (Å²) < 4.78 is 0. The summed E-state index contributed by atoms with van der Waals surface area (Å²) >= 11 is 1.31. The van der Waals surface area contributed by atoms with Crippen molar-refractivity contribution < 1.29 is 14.7 Å². The van der Waals surface area contributed by atoms with Crippen molar-refractivity contribution in [3.8, 4) is 0 Å². The van der Waals surface area contributed by atoms with Gasteiger partial charge in [0.15, 0.2) is 6.04 Å². The van der Waals surface area contributed by atoms with Crippen molar-refractivity contribution in [1.29, 1.82) is 0 Å². The summed E-state index contributed by atoms with van der Waals surface area (Å²) in [7, 11) is 0. The molecule has 1 heterocycles. The first-order valence-electron chi connectivity index (χ1n) is 6.23. The number of carboxylic acid groups (broad SMARTS) is 1. The smallest absolute Gasteiger partial charge is 0.331 e. The van der Waals surface area contributed by atoms with E-state index in [1.165, 1.54) is 11.3 Å². The molecule has 5 nitrogen and oxygen atoms in total. The van der Waals surface area contributed by atoms with E-state index in [9.17, 15) is 9.59 Å². The molecule has 0 saturated carbocycles. The van der Waals surface area contributed by atoms with Crippen LogP contribution in [0.4, 0.5) is 4.79 Å². The zero-order valence-corrected chi connectivity index (χ0v) is 12.2. The second kappa shape index (κ2) is 7.13. The molecule has 0 fully saturated rings.